The minimum absolute atomic E-state index is 0.114. The molecule has 0 aliphatic rings. The second kappa shape index (κ2) is 7.24. The Balaban J connectivity index is 3.31. The van der Waals surface area contributed by atoms with Gasteiger partial charge >= 0.3 is 0 Å². The van der Waals surface area contributed by atoms with Crippen molar-refractivity contribution in [2.45, 2.75) is 40.2 Å². The summed E-state index contributed by atoms with van der Waals surface area (Å²) in [4.78, 5) is 16.5. The average molecular weight is 294 g/mol. The van der Waals surface area contributed by atoms with Crippen molar-refractivity contribution in [2.24, 2.45) is 0 Å². The second-order valence-corrected chi connectivity index (χ2v) is 4.91. The van der Waals surface area contributed by atoms with E-state index in [1.165, 1.54) is 7.11 Å². The Hall–Kier alpha value is -1.85. The molecule has 5 heteroatoms. The Kier molecular flexibility index (Phi) is 5.93. The van der Waals surface area contributed by atoms with E-state index in [4.69, 9.17) is 14.4 Å². The molecule has 0 amide bonds. The fourth-order valence-corrected chi connectivity index (χ4v) is 2.13. The summed E-state index contributed by atoms with van der Waals surface area (Å²) >= 11 is 0. The first-order valence-corrected chi connectivity index (χ1v) is 6.73. The molecule has 0 saturated heterocycles. The Morgan fingerprint density at radius 3 is 2.52 bits per heavy atom. The minimum Gasteiger partial charge on any atom is -0.468 e. The second-order valence-electron chi connectivity index (χ2n) is 4.91. The Labute approximate surface area is 124 Å². The van der Waals surface area contributed by atoms with Gasteiger partial charge in [-0.2, -0.15) is 0 Å². The van der Waals surface area contributed by atoms with Crippen LogP contribution in [-0.4, -0.2) is 18.5 Å². The van der Waals surface area contributed by atoms with Gasteiger partial charge in [0, 0.05) is 5.56 Å². The van der Waals surface area contributed by atoms with Gasteiger partial charge in [-0.3, -0.25) is 10.1 Å². The third-order valence-corrected chi connectivity index (χ3v) is 3.38. The lowest BCUT2D eigenvalue weighted by Crippen LogP contribution is -2.13. The lowest BCUT2D eigenvalue weighted by molar-refractivity contribution is -0.268. The van der Waals surface area contributed by atoms with Gasteiger partial charge in [0.1, 0.15) is 11.9 Å². The summed E-state index contributed by atoms with van der Waals surface area (Å²) in [6.07, 6.45) is 1.82. The minimum atomic E-state index is -0.487. The highest BCUT2D eigenvalue weighted by Crippen LogP contribution is 2.25. The van der Waals surface area contributed by atoms with Gasteiger partial charge in [-0.1, -0.05) is 19.6 Å². The van der Waals surface area contributed by atoms with Crippen LogP contribution in [0.5, 0.6) is 5.95 Å². The molecular formula is C16H22O5. The van der Waals surface area contributed by atoms with Crippen molar-refractivity contribution in [3.8, 4) is 5.95 Å². The van der Waals surface area contributed by atoms with E-state index in [9.17, 15) is 4.79 Å². The van der Waals surface area contributed by atoms with E-state index in [-0.39, 0.29) is 11.4 Å². The maximum absolute atomic E-state index is 12.2. The Morgan fingerprint density at radius 2 is 2.05 bits per heavy atom. The maximum Gasteiger partial charge on any atom is 0.291 e. The molecule has 0 unspecified atom stereocenters. The molecule has 1 heterocycles. The third-order valence-electron chi connectivity index (χ3n) is 3.38. The molecule has 21 heavy (non-hydrogen) atoms. The summed E-state index contributed by atoms with van der Waals surface area (Å²) < 4.78 is 10.7. The monoisotopic (exact) mass is 294 g/mol. The first kappa shape index (κ1) is 17.2. The number of methoxy groups -OCH3 is 1. The molecule has 0 fully saturated rings. The van der Waals surface area contributed by atoms with E-state index in [2.05, 4.69) is 11.5 Å². The lowest BCUT2D eigenvalue weighted by Gasteiger charge is -2.13. The summed E-state index contributed by atoms with van der Waals surface area (Å²) in [5.41, 5.74) is 2.14. The quantitative estimate of drug-likeness (QED) is 0.494. The molecule has 1 rings (SSSR count). The highest BCUT2D eigenvalue weighted by atomic mass is 17.1. The van der Waals surface area contributed by atoms with Gasteiger partial charge in [-0.05, 0) is 38.3 Å². The van der Waals surface area contributed by atoms with Crippen molar-refractivity contribution >= 4 is 5.57 Å². The van der Waals surface area contributed by atoms with Crippen molar-refractivity contribution in [1.29, 1.82) is 0 Å². The topological polar surface area (TPSA) is 68.9 Å². The molecule has 0 spiro atoms. The molecule has 0 aliphatic heterocycles. The van der Waals surface area contributed by atoms with Crippen LogP contribution in [0.25, 0.3) is 5.57 Å². The fraction of sp³-hybridized carbons (Fsp3) is 0.438. The predicted molar refractivity (Wildman–Crippen MR) is 81.6 cm³/mol. The van der Waals surface area contributed by atoms with Crippen LogP contribution in [0.15, 0.2) is 27.4 Å². The average Bonchev–Trinajstić information content (AvgIpc) is 2.46. The van der Waals surface area contributed by atoms with Crippen molar-refractivity contribution < 1.29 is 19.3 Å². The van der Waals surface area contributed by atoms with Gasteiger partial charge in [0.2, 0.25) is 0 Å². The summed E-state index contributed by atoms with van der Waals surface area (Å²) in [5, 5.41) is 8.81. The van der Waals surface area contributed by atoms with E-state index < -0.39 is 6.10 Å². The summed E-state index contributed by atoms with van der Waals surface area (Å²) in [6, 6.07) is 0. The van der Waals surface area contributed by atoms with Crippen LogP contribution in [0.3, 0.4) is 0 Å². The SMILES string of the molecule is C=C(C=C(C)c1oc(OC)c(C)c(=O)c1C)[C@@H](CC)OO. The largest absolute Gasteiger partial charge is 0.468 e. The number of allylic oxidation sites excluding steroid dienone is 1. The van der Waals surface area contributed by atoms with Gasteiger partial charge in [0.25, 0.3) is 5.95 Å². The zero-order chi connectivity index (χ0) is 16.2. The lowest BCUT2D eigenvalue weighted by atomic mass is 10.0. The van der Waals surface area contributed by atoms with Gasteiger partial charge in [0.15, 0.2) is 5.43 Å². The summed E-state index contributed by atoms with van der Waals surface area (Å²) in [5.74, 6) is 0.640. The van der Waals surface area contributed by atoms with Gasteiger partial charge in [-0.15, -0.1) is 0 Å². The molecule has 0 bridgehead atoms. The van der Waals surface area contributed by atoms with Crippen LogP contribution < -0.4 is 10.2 Å². The van der Waals surface area contributed by atoms with Crippen LogP contribution in [0.1, 0.15) is 37.2 Å². The molecule has 116 valence electrons. The first-order chi connectivity index (χ1) is 9.87. The van der Waals surface area contributed by atoms with E-state index >= 15 is 0 Å². The van der Waals surface area contributed by atoms with Gasteiger partial charge in [-0.25, -0.2) is 4.89 Å². The predicted octanol–water partition coefficient (Wildman–Crippen LogP) is 3.49. The fourth-order valence-electron chi connectivity index (χ4n) is 2.13. The normalized spacial score (nSPS) is 13.1. The van der Waals surface area contributed by atoms with Crippen LogP contribution in [0, 0.1) is 13.8 Å². The smallest absolute Gasteiger partial charge is 0.291 e. The van der Waals surface area contributed by atoms with Crippen LogP contribution in [0.2, 0.25) is 0 Å². The highest BCUT2D eigenvalue weighted by molar-refractivity contribution is 5.65. The van der Waals surface area contributed by atoms with Crippen LogP contribution in [-0.2, 0) is 4.89 Å². The van der Waals surface area contributed by atoms with E-state index in [0.717, 1.165) is 0 Å². The van der Waals surface area contributed by atoms with E-state index in [1.54, 1.807) is 26.8 Å². The van der Waals surface area contributed by atoms with Crippen molar-refractivity contribution in [2.75, 3.05) is 7.11 Å². The molecule has 0 radical (unpaired) electrons. The molecule has 1 atom stereocenters. The van der Waals surface area contributed by atoms with Crippen molar-refractivity contribution in [3.05, 3.63) is 45.3 Å². The number of hydrogen-bond acceptors (Lipinski definition) is 5. The summed E-state index contributed by atoms with van der Waals surface area (Å²) in [6.45, 7) is 10.9. The van der Waals surface area contributed by atoms with Gasteiger partial charge < -0.3 is 9.15 Å². The molecule has 0 aromatic carbocycles. The van der Waals surface area contributed by atoms with Gasteiger partial charge in [0.05, 0.1) is 12.7 Å². The maximum atomic E-state index is 12.2. The van der Waals surface area contributed by atoms with Crippen LogP contribution in [0.4, 0.5) is 0 Å². The standard InChI is InChI=1S/C16H22O5/c1-7-13(21-18)9(2)8-10(3)15-11(4)14(17)12(5)16(19-6)20-15/h8,13,18H,2,7H2,1,3-6H3/t13-/m1/s1. The van der Waals surface area contributed by atoms with E-state index in [1.807, 2.05) is 6.92 Å². The van der Waals surface area contributed by atoms with Crippen LogP contribution >= 0.6 is 0 Å². The highest BCUT2D eigenvalue weighted by Gasteiger charge is 2.16. The Morgan fingerprint density at radius 1 is 1.43 bits per heavy atom. The number of rotatable bonds is 6. The zero-order valence-corrected chi connectivity index (χ0v) is 13.1. The summed E-state index contributed by atoms with van der Waals surface area (Å²) in [7, 11) is 1.45. The van der Waals surface area contributed by atoms with E-state index in [0.29, 0.717) is 34.5 Å². The first-order valence-electron chi connectivity index (χ1n) is 6.73. The van der Waals surface area contributed by atoms with Crippen molar-refractivity contribution in [3.63, 3.8) is 0 Å². The molecule has 5 nitrogen and oxygen atoms in total. The zero-order valence-electron chi connectivity index (χ0n) is 13.1. The van der Waals surface area contributed by atoms with Crippen molar-refractivity contribution in [1.82, 2.24) is 0 Å². The molecule has 1 N–H and O–H groups in total. The molecule has 1 aromatic heterocycles. The molecular weight excluding hydrogens is 272 g/mol. The molecule has 0 aliphatic carbocycles. The Bertz CT molecular complexity index is 606. The number of hydrogen-bond donors (Lipinski definition) is 1. The molecule has 1 aromatic rings. The number of ether oxygens (including phenoxy) is 1. The molecule has 0 saturated carbocycles. The third kappa shape index (κ3) is 3.62.